The van der Waals surface area contributed by atoms with Gasteiger partial charge in [0.25, 0.3) is 0 Å². The molecule has 1 aromatic heterocycles. The van der Waals surface area contributed by atoms with Crippen LogP contribution in [0.3, 0.4) is 0 Å². The van der Waals surface area contributed by atoms with E-state index in [0.29, 0.717) is 33.4 Å². The quantitative estimate of drug-likeness (QED) is 0.466. The zero-order chi connectivity index (χ0) is 20.5. The van der Waals surface area contributed by atoms with E-state index in [0.717, 1.165) is 5.56 Å². The summed E-state index contributed by atoms with van der Waals surface area (Å²) in [5.74, 6) is 0.556. The molecule has 29 heavy (non-hydrogen) atoms. The molecule has 5 heteroatoms. The number of methoxy groups -OCH3 is 2. The summed E-state index contributed by atoms with van der Waals surface area (Å²) < 4.78 is 17.0. The van der Waals surface area contributed by atoms with Crippen LogP contribution in [0.5, 0.6) is 17.2 Å². The van der Waals surface area contributed by atoms with Gasteiger partial charge in [-0.3, -0.25) is 4.79 Å². The molecule has 4 aromatic rings. The molecule has 0 saturated carbocycles. The van der Waals surface area contributed by atoms with E-state index in [-0.39, 0.29) is 23.0 Å². The van der Waals surface area contributed by atoms with E-state index in [1.807, 2.05) is 48.5 Å². The molecular weight excluding hydrogens is 368 g/mol. The third-order valence-corrected chi connectivity index (χ3v) is 4.97. The van der Waals surface area contributed by atoms with Gasteiger partial charge in [0.15, 0.2) is 17.1 Å². The normalized spacial score (nSPS) is 10.9. The van der Waals surface area contributed by atoms with Crippen molar-refractivity contribution in [1.82, 2.24) is 0 Å². The summed E-state index contributed by atoms with van der Waals surface area (Å²) in [4.78, 5) is 13.5. The van der Waals surface area contributed by atoms with Gasteiger partial charge in [-0.1, -0.05) is 60.7 Å². The average molecular weight is 388 g/mol. The summed E-state index contributed by atoms with van der Waals surface area (Å²) in [5.41, 5.74) is 2.51. The van der Waals surface area contributed by atoms with E-state index in [4.69, 9.17) is 13.9 Å². The van der Waals surface area contributed by atoms with Crippen molar-refractivity contribution < 1.29 is 23.8 Å². The van der Waals surface area contributed by atoms with E-state index in [9.17, 15) is 9.90 Å². The number of phenols is 1. The second-order valence-corrected chi connectivity index (χ2v) is 6.61. The fourth-order valence-corrected chi connectivity index (χ4v) is 3.57. The molecule has 3 aromatic carbocycles. The molecule has 0 saturated heterocycles. The smallest absolute Gasteiger partial charge is 0.208 e. The number of furan rings is 1. The van der Waals surface area contributed by atoms with Crippen LogP contribution in [0.2, 0.25) is 0 Å². The second kappa shape index (κ2) is 7.36. The number of carbonyl (C=O) groups excluding carboxylic acids is 1. The molecule has 0 unspecified atom stereocenters. The molecular formula is C24H20O5. The molecule has 0 atom stereocenters. The van der Waals surface area contributed by atoms with Gasteiger partial charge in [-0.15, -0.1) is 0 Å². The lowest BCUT2D eigenvalue weighted by Crippen LogP contribution is -2.03. The van der Waals surface area contributed by atoms with Crippen molar-refractivity contribution in [1.29, 1.82) is 0 Å². The molecule has 1 heterocycles. The summed E-state index contributed by atoms with van der Waals surface area (Å²) in [6.45, 7) is 1.73. The SMILES string of the molecule is COc1c(O)c(C)c2c(C(=O)c3ccccc3)c(-c3ccccc3)oc2c1OC. The number of phenolic OH excluding ortho intramolecular Hbond substituents is 1. The molecule has 1 N–H and O–H groups in total. The Labute approximate surface area is 168 Å². The Balaban J connectivity index is 2.14. The van der Waals surface area contributed by atoms with Crippen LogP contribution in [0, 0.1) is 6.92 Å². The first-order chi connectivity index (χ1) is 14.1. The number of aryl methyl sites for hydroxylation is 1. The van der Waals surface area contributed by atoms with Gasteiger partial charge in [0.1, 0.15) is 5.76 Å². The lowest BCUT2D eigenvalue weighted by Gasteiger charge is -2.12. The van der Waals surface area contributed by atoms with Crippen molar-refractivity contribution in [2.24, 2.45) is 0 Å². The maximum Gasteiger partial charge on any atom is 0.208 e. The van der Waals surface area contributed by atoms with Gasteiger partial charge in [-0.25, -0.2) is 0 Å². The van der Waals surface area contributed by atoms with E-state index in [2.05, 4.69) is 0 Å². The Morgan fingerprint density at radius 1 is 0.897 bits per heavy atom. The summed E-state index contributed by atoms with van der Waals surface area (Å²) in [6.07, 6.45) is 0. The van der Waals surface area contributed by atoms with E-state index in [1.54, 1.807) is 19.1 Å². The standard InChI is InChI=1S/C24H20O5/c1-14-17-18(20(26)15-10-6-4-7-11-15)21(16-12-8-5-9-13-16)29-22(17)24(28-3)23(27-2)19(14)25/h4-13,25H,1-3H3. The van der Waals surface area contributed by atoms with Crippen molar-refractivity contribution in [3.63, 3.8) is 0 Å². The number of ketones is 1. The van der Waals surface area contributed by atoms with Gasteiger partial charge < -0.3 is 19.0 Å². The first-order valence-electron chi connectivity index (χ1n) is 9.13. The van der Waals surface area contributed by atoms with E-state index >= 15 is 0 Å². The molecule has 0 aliphatic carbocycles. The number of carbonyl (C=O) groups is 1. The van der Waals surface area contributed by atoms with Crippen molar-refractivity contribution in [3.05, 3.63) is 77.4 Å². The van der Waals surface area contributed by atoms with Crippen LogP contribution in [0.25, 0.3) is 22.3 Å². The molecule has 4 rings (SSSR count). The number of hydrogen-bond donors (Lipinski definition) is 1. The van der Waals surface area contributed by atoms with E-state index < -0.39 is 0 Å². The zero-order valence-electron chi connectivity index (χ0n) is 16.4. The van der Waals surface area contributed by atoms with Crippen molar-refractivity contribution in [3.8, 4) is 28.6 Å². The van der Waals surface area contributed by atoms with Gasteiger partial charge in [0.05, 0.1) is 19.8 Å². The lowest BCUT2D eigenvalue weighted by molar-refractivity contribution is 0.104. The fraction of sp³-hybridized carbons (Fsp3) is 0.125. The minimum atomic E-state index is -0.196. The van der Waals surface area contributed by atoms with Crippen LogP contribution in [0.4, 0.5) is 0 Å². The zero-order valence-corrected chi connectivity index (χ0v) is 16.4. The highest BCUT2D eigenvalue weighted by molar-refractivity contribution is 6.21. The van der Waals surface area contributed by atoms with Gasteiger partial charge >= 0.3 is 0 Å². The van der Waals surface area contributed by atoms with Gasteiger partial charge in [0, 0.05) is 22.1 Å². The molecule has 146 valence electrons. The average Bonchev–Trinajstić information content (AvgIpc) is 3.17. The van der Waals surface area contributed by atoms with Gasteiger partial charge in [-0.2, -0.15) is 0 Å². The second-order valence-electron chi connectivity index (χ2n) is 6.61. The maximum absolute atomic E-state index is 13.5. The summed E-state index contributed by atoms with van der Waals surface area (Å²) in [5, 5.41) is 11.2. The van der Waals surface area contributed by atoms with Crippen LogP contribution in [0.1, 0.15) is 21.5 Å². The van der Waals surface area contributed by atoms with E-state index in [1.165, 1.54) is 14.2 Å². The molecule has 0 spiro atoms. The van der Waals surface area contributed by atoms with Crippen molar-refractivity contribution in [2.75, 3.05) is 14.2 Å². The highest BCUT2D eigenvalue weighted by atomic mass is 16.5. The monoisotopic (exact) mass is 388 g/mol. The molecule has 0 aliphatic heterocycles. The Morgan fingerprint density at radius 3 is 2.07 bits per heavy atom. The number of benzene rings is 3. The van der Waals surface area contributed by atoms with Crippen LogP contribution < -0.4 is 9.47 Å². The minimum absolute atomic E-state index is 0.0839. The molecule has 0 radical (unpaired) electrons. The Hall–Kier alpha value is -3.73. The Morgan fingerprint density at radius 2 is 1.48 bits per heavy atom. The molecule has 0 bridgehead atoms. The number of ether oxygens (including phenoxy) is 2. The molecule has 0 fully saturated rings. The molecule has 0 aliphatic rings. The highest BCUT2D eigenvalue weighted by Crippen LogP contribution is 2.50. The van der Waals surface area contributed by atoms with Gasteiger partial charge in [-0.05, 0) is 6.92 Å². The lowest BCUT2D eigenvalue weighted by atomic mass is 9.95. The number of rotatable bonds is 5. The highest BCUT2D eigenvalue weighted by Gasteiger charge is 2.30. The Bertz CT molecular complexity index is 1190. The van der Waals surface area contributed by atoms with Crippen LogP contribution in [0.15, 0.2) is 65.1 Å². The summed E-state index contributed by atoms with van der Waals surface area (Å²) in [7, 11) is 2.91. The Kier molecular flexibility index (Phi) is 4.72. The van der Waals surface area contributed by atoms with Crippen LogP contribution >= 0.6 is 0 Å². The third-order valence-electron chi connectivity index (χ3n) is 4.97. The first-order valence-corrected chi connectivity index (χ1v) is 9.13. The van der Waals surface area contributed by atoms with Crippen LogP contribution in [-0.4, -0.2) is 25.1 Å². The topological polar surface area (TPSA) is 68.9 Å². The number of aromatic hydroxyl groups is 1. The predicted octanol–water partition coefficient (Wildman–Crippen LogP) is 5.36. The molecule has 5 nitrogen and oxygen atoms in total. The molecule has 0 amide bonds. The minimum Gasteiger partial charge on any atom is -0.504 e. The number of fused-ring (bicyclic) bond motifs is 1. The summed E-state index contributed by atoms with van der Waals surface area (Å²) in [6, 6.07) is 18.4. The first kappa shape index (κ1) is 18.6. The fourth-order valence-electron chi connectivity index (χ4n) is 3.57. The summed E-state index contributed by atoms with van der Waals surface area (Å²) >= 11 is 0. The van der Waals surface area contributed by atoms with Gasteiger partial charge in [0.2, 0.25) is 11.5 Å². The third kappa shape index (κ3) is 2.91. The maximum atomic E-state index is 13.5. The number of hydrogen-bond acceptors (Lipinski definition) is 5. The van der Waals surface area contributed by atoms with Crippen LogP contribution in [-0.2, 0) is 0 Å². The predicted molar refractivity (Wildman–Crippen MR) is 111 cm³/mol. The van der Waals surface area contributed by atoms with Crippen molar-refractivity contribution in [2.45, 2.75) is 6.92 Å². The van der Waals surface area contributed by atoms with Crippen molar-refractivity contribution >= 4 is 16.8 Å². The largest absolute Gasteiger partial charge is 0.504 e.